The molecular formula is C16H32IN3. The Kier molecular flexibility index (Phi) is 8.22. The van der Waals surface area contributed by atoms with Crippen LogP contribution in [0.1, 0.15) is 52.9 Å². The van der Waals surface area contributed by atoms with Crippen LogP contribution in [0.15, 0.2) is 4.99 Å². The fraction of sp³-hybridized carbons (Fsp3) is 0.938. The molecule has 2 aliphatic rings. The van der Waals surface area contributed by atoms with Gasteiger partial charge in [-0.1, -0.05) is 26.7 Å². The van der Waals surface area contributed by atoms with Crippen molar-refractivity contribution in [1.29, 1.82) is 0 Å². The highest BCUT2D eigenvalue weighted by Gasteiger charge is 2.29. The van der Waals surface area contributed by atoms with E-state index < -0.39 is 0 Å². The molecule has 0 amide bonds. The van der Waals surface area contributed by atoms with E-state index in [4.69, 9.17) is 4.99 Å². The molecule has 1 saturated carbocycles. The maximum atomic E-state index is 4.83. The summed E-state index contributed by atoms with van der Waals surface area (Å²) in [5, 5.41) is 3.48. The average molecular weight is 393 g/mol. The van der Waals surface area contributed by atoms with Crippen LogP contribution in [0.4, 0.5) is 0 Å². The monoisotopic (exact) mass is 393 g/mol. The van der Waals surface area contributed by atoms with E-state index in [2.05, 4.69) is 31.0 Å². The van der Waals surface area contributed by atoms with Gasteiger partial charge in [0.25, 0.3) is 0 Å². The van der Waals surface area contributed by atoms with Crippen LogP contribution in [0.25, 0.3) is 0 Å². The summed E-state index contributed by atoms with van der Waals surface area (Å²) < 4.78 is 0. The van der Waals surface area contributed by atoms with Gasteiger partial charge >= 0.3 is 0 Å². The second-order valence-electron chi connectivity index (χ2n) is 6.21. The quantitative estimate of drug-likeness (QED) is 0.423. The van der Waals surface area contributed by atoms with Gasteiger partial charge in [0.1, 0.15) is 0 Å². The van der Waals surface area contributed by atoms with Crippen LogP contribution < -0.4 is 5.32 Å². The van der Waals surface area contributed by atoms with Gasteiger partial charge in [-0.2, -0.15) is 0 Å². The molecule has 0 spiro atoms. The van der Waals surface area contributed by atoms with Gasteiger partial charge in [-0.3, -0.25) is 4.99 Å². The van der Waals surface area contributed by atoms with Gasteiger partial charge in [-0.05, 0) is 43.9 Å². The molecule has 0 aromatic rings. The van der Waals surface area contributed by atoms with Gasteiger partial charge in [0.15, 0.2) is 5.96 Å². The first kappa shape index (κ1) is 18.1. The fourth-order valence-electron chi connectivity index (χ4n) is 3.26. The number of nitrogens with zero attached hydrogens (tertiary/aromatic N) is 2. The van der Waals surface area contributed by atoms with E-state index in [0.717, 1.165) is 30.8 Å². The Hall–Kier alpha value is 0. The smallest absolute Gasteiger partial charge is 0.193 e. The Balaban J connectivity index is 0.00000200. The molecule has 1 unspecified atom stereocenters. The number of hydrogen-bond acceptors (Lipinski definition) is 1. The minimum absolute atomic E-state index is 0. The molecule has 0 aromatic heterocycles. The molecule has 3 nitrogen and oxygen atoms in total. The van der Waals surface area contributed by atoms with Gasteiger partial charge in [0.05, 0.1) is 0 Å². The number of halogens is 1. The Bertz CT molecular complexity index is 298. The first-order valence-corrected chi connectivity index (χ1v) is 8.31. The van der Waals surface area contributed by atoms with Crippen LogP contribution in [0, 0.1) is 17.8 Å². The van der Waals surface area contributed by atoms with Crippen molar-refractivity contribution in [2.24, 2.45) is 22.7 Å². The molecule has 1 atom stereocenters. The molecule has 20 heavy (non-hydrogen) atoms. The normalized spacial score (nSPS) is 23.1. The van der Waals surface area contributed by atoms with Crippen molar-refractivity contribution < 1.29 is 0 Å². The average Bonchev–Trinajstić information content (AvgIpc) is 3.13. The number of aliphatic imine (C=N–C) groups is 1. The predicted molar refractivity (Wildman–Crippen MR) is 97.9 cm³/mol. The van der Waals surface area contributed by atoms with E-state index in [9.17, 15) is 0 Å². The van der Waals surface area contributed by atoms with Crippen molar-refractivity contribution in [2.75, 3.05) is 26.2 Å². The summed E-state index contributed by atoms with van der Waals surface area (Å²) in [6, 6.07) is 0. The number of likely N-dealkylation sites (tertiary alicyclic amines) is 1. The standard InChI is InChI=1S/C16H31N3.HI/c1-4-14(5-2)15-9-10-19(12-15)16(17-6-3)18-11-13-7-8-13;/h13-15H,4-12H2,1-3H3,(H,17,18);1H. The molecule has 1 N–H and O–H groups in total. The summed E-state index contributed by atoms with van der Waals surface area (Å²) in [6.07, 6.45) is 6.77. The lowest BCUT2D eigenvalue weighted by atomic mass is 9.87. The third kappa shape index (κ3) is 5.08. The van der Waals surface area contributed by atoms with Crippen LogP contribution in [0.3, 0.4) is 0 Å². The Labute approximate surface area is 142 Å². The summed E-state index contributed by atoms with van der Waals surface area (Å²) in [5.74, 6) is 3.82. The van der Waals surface area contributed by atoms with Gasteiger partial charge in [-0.25, -0.2) is 0 Å². The number of nitrogens with one attached hydrogen (secondary N) is 1. The third-order valence-corrected chi connectivity index (χ3v) is 4.77. The lowest BCUT2D eigenvalue weighted by molar-refractivity contribution is 0.319. The highest BCUT2D eigenvalue weighted by Crippen LogP contribution is 2.30. The van der Waals surface area contributed by atoms with E-state index in [1.807, 2.05) is 0 Å². The Morgan fingerprint density at radius 1 is 1.20 bits per heavy atom. The van der Waals surface area contributed by atoms with Crippen molar-refractivity contribution in [2.45, 2.75) is 52.9 Å². The summed E-state index contributed by atoms with van der Waals surface area (Å²) in [7, 11) is 0. The zero-order valence-electron chi connectivity index (χ0n) is 13.4. The minimum atomic E-state index is 0. The SMILES string of the molecule is CCNC(=NCC1CC1)N1CCC(C(CC)CC)C1.I. The lowest BCUT2D eigenvalue weighted by Crippen LogP contribution is -2.40. The predicted octanol–water partition coefficient (Wildman–Crippen LogP) is 3.74. The molecule has 2 fully saturated rings. The molecule has 4 heteroatoms. The second-order valence-corrected chi connectivity index (χ2v) is 6.21. The molecule has 0 bridgehead atoms. The molecule has 0 radical (unpaired) electrons. The zero-order chi connectivity index (χ0) is 13.7. The topological polar surface area (TPSA) is 27.6 Å². The number of rotatable bonds is 6. The Morgan fingerprint density at radius 3 is 2.45 bits per heavy atom. The van der Waals surface area contributed by atoms with E-state index in [-0.39, 0.29) is 24.0 Å². The number of guanidine groups is 1. The zero-order valence-corrected chi connectivity index (χ0v) is 15.7. The van der Waals surface area contributed by atoms with E-state index in [0.29, 0.717) is 0 Å². The Morgan fingerprint density at radius 2 is 1.90 bits per heavy atom. The van der Waals surface area contributed by atoms with E-state index >= 15 is 0 Å². The first-order chi connectivity index (χ1) is 9.28. The summed E-state index contributed by atoms with van der Waals surface area (Å²) in [5.41, 5.74) is 0. The third-order valence-electron chi connectivity index (χ3n) is 4.77. The highest BCUT2D eigenvalue weighted by atomic mass is 127. The van der Waals surface area contributed by atoms with Crippen molar-refractivity contribution in [3.8, 4) is 0 Å². The first-order valence-electron chi connectivity index (χ1n) is 8.31. The van der Waals surface area contributed by atoms with Crippen molar-refractivity contribution in [3.05, 3.63) is 0 Å². The van der Waals surface area contributed by atoms with Gasteiger partial charge < -0.3 is 10.2 Å². The molecule has 0 aromatic carbocycles. The molecule has 1 saturated heterocycles. The van der Waals surface area contributed by atoms with Crippen molar-refractivity contribution in [1.82, 2.24) is 10.2 Å². The van der Waals surface area contributed by atoms with Crippen LogP contribution in [0.5, 0.6) is 0 Å². The van der Waals surface area contributed by atoms with Crippen molar-refractivity contribution >= 4 is 29.9 Å². The van der Waals surface area contributed by atoms with Gasteiger partial charge in [0.2, 0.25) is 0 Å². The fourth-order valence-corrected chi connectivity index (χ4v) is 3.26. The molecule has 1 heterocycles. The maximum Gasteiger partial charge on any atom is 0.193 e. The molecular weight excluding hydrogens is 361 g/mol. The van der Waals surface area contributed by atoms with Crippen LogP contribution in [-0.4, -0.2) is 37.0 Å². The van der Waals surface area contributed by atoms with Gasteiger partial charge in [0, 0.05) is 26.2 Å². The van der Waals surface area contributed by atoms with E-state index in [1.165, 1.54) is 51.2 Å². The second kappa shape index (κ2) is 9.11. The van der Waals surface area contributed by atoms with Crippen LogP contribution in [0.2, 0.25) is 0 Å². The van der Waals surface area contributed by atoms with Crippen molar-refractivity contribution in [3.63, 3.8) is 0 Å². The lowest BCUT2D eigenvalue weighted by Gasteiger charge is -2.24. The molecule has 1 aliphatic carbocycles. The highest BCUT2D eigenvalue weighted by molar-refractivity contribution is 14.0. The van der Waals surface area contributed by atoms with Crippen LogP contribution >= 0.6 is 24.0 Å². The van der Waals surface area contributed by atoms with Crippen LogP contribution in [-0.2, 0) is 0 Å². The molecule has 1 aliphatic heterocycles. The largest absolute Gasteiger partial charge is 0.357 e. The molecule has 2 rings (SSSR count). The van der Waals surface area contributed by atoms with Gasteiger partial charge in [-0.15, -0.1) is 24.0 Å². The molecule has 118 valence electrons. The number of hydrogen-bond donors (Lipinski definition) is 1. The minimum Gasteiger partial charge on any atom is -0.357 e. The summed E-state index contributed by atoms with van der Waals surface area (Å²) in [4.78, 5) is 7.33. The van der Waals surface area contributed by atoms with E-state index in [1.54, 1.807) is 0 Å². The summed E-state index contributed by atoms with van der Waals surface area (Å²) in [6.45, 7) is 11.3. The maximum absolute atomic E-state index is 4.83. The summed E-state index contributed by atoms with van der Waals surface area (Å²) >= 11 is 0.